The Bertz CT molecular complexity index is 441. The van der Waals surface area contributed by atoms with Gasteiger partial charge in [0, 0.05) is 6.04 Å². The minimum Gasteiger partial charge on any atom is -0.465 e. The van der Waals surface area contributed by atoms with Crippen molar-refractivity contribution in [3.63, 3.8) is 0 Å². The van der Waals surface area contributed by atoms with E-state index in [-0.39, 0.29) is 12.0 Å². The highest BCUT2D eigenvalue weighted by Crippen LogP contribution is 2.27. The minimum atomic E-state index is -0.306. The van der Waals surface area contributed by atoms with Gasteiger partial charge in [0.2, 0.25) is 0 Å². The fourth-order valence-electron chi connectivity index (χ4n) is 3.01. The van der Waals surface area contributed by atoms with Crippen molar-refractivity contribution in [2.45, 2.75) is 31.8 Å². The van der Waals surface area contributed by atoms with E-state index in [9.17, 15) is 4.79 Å². The van der Waals surface area contributed by atoms with E-state index in [0.29, 0.717) is 12.6 Å². The monoisotopic (exact) mass is 290 g/mol. The molecule has 2 rings (SSSR count). The van der Waals surface area contributed by atoms with Gasteiger partial charge in [0.05, 0.1) is 6.61 Å². The third kappa shape index (κ3) is 4.05. The predicted octanol–water partition coefficient (Wildman–Crippen LogP) is 2.32. The number of carbonyl (C=O) groups excluding carboxylic acids is 1. The van der Waals surface area contributed by atoms with Gasteiger partial charge < -0.3 is 9.64 Å². The summed E-state index contributed by atoms with van der Waals surface area (Å²) in [6.07, 6.45) is 2.19. The van der Waals surface area contributed by atoms with Gasteiger partial charge in [-0.2, -0.15) is 0 Å². The number of rotatable bonds is 5. The molecule has 0 N–H and O–H groups in total. The standard InChI is InChI=1S/C17H26N2O2/c1-4-21-17(20)16(14-8-6-5-7-9-14)19(3)15-10-12-18(2)13-11-15/h5-9,15-16H,4,10-13H2,1-3H3. The average molecular weight is 290 g/mol. The van der Waals surface area contributed by atoms with Crippen LogP contribution in [0.15, 0.2) is 30.3 Å². The number of ether oxygens (including phenoxy) is 1. The molecule has 1 aromatic rings. The van der Waals surface area contributed by atoms with E-state index in [1.807, 2.05) is 44.3 Å². The summed E-state index contributed by atoms with van der Waals surface area (Å²) < 4.78 is 5.30. The average Bonchev–Trinajstić information content (AvgIpc) is 2.49. The summed E-state index contributed by atoms with van der Waals surface area (Å²) in [7, 11) is 4.20. The maximum Gasteiger partial charge on any atom is 0.327 e. The van der Waals surface area contributed by atoms with Crippen LogP contribution in [0.3, 0.4) is 0 Å². The van der Waals surface area contributed by atoms with E-state index in [0.717, 1.165) is 31.5 Å². The lowest BCUT2D eigenvalue weighted by Crippen LogP contribution is -2.45. The van der Waals surface area contributed by atoms with Crippen molar-refractivity contribution < 1.29 is 9.53 Å². The molecule has 116 valence electrons. The zero-order valence-electron chi connectivity index (χ0n) is 13.3. The maximum atomic E-state index is 12.4. The molecule has 0 radical (unpaired) electrons. The second kappa shape index (κ2) is 7.57. The van der Waals surface area contributed by atoms with Crippen LogP contribution in [-0.2, 0) is 9.53 Å². The van der Waals surface area contributed by atoms with Gasteiger partial charge >= 0.3 is 5.97 Å². The molecular formula is C17H26N2O2. The van der Waals surface area contributed by atoms with Crippen LogP contribution in [0, 0.1) is 0 Å². The molecule has 1 aromatic carbocycles. The van der Waals surface area contributed by atoms with E-state index in [2.05, 4.69) is 16.8 Å². The number of piperidine rings is 1. The molecule has 0 spiro atoms. The van der Waals surface area contributed by atoms with Gasteiger partial charge in [-0.15, -0.1) is 0 Å². The van der Waals surface area contributed by atoms with Crippen LogP contribution in [0.25, 0.3) is 0 Å². The van der Waals surface area contributed by atoms with Crippen molar-refractivity contribution in [1.29, 1.82) is 0 Å². The Balaban J connectivity index is 2.16. The Morgan fingerprint density at radius 1 is 1.33 bits per heavy atom. The van der Waals surface area contributed by atoms with Gasteiger partial charge in [-0.1, -0.05) is 30.3 Å². The normalized spacial score (nSPS) is 18.7. The second-order valence-corrected chi connectivity index (χ2v) is 5.77. The Morgan fingerprint density at radius 2 is 1.95 bits per heavy atom. The first kappa shape index (κ1) is 16.0. The highest BCUT2D eigenvalue weighted by atomic mass is 16.5. The first-order valence-electron chi connectivity index (χ1n) is 7.75. The fourth-order valence-corrected chi connectivity index (χ4v) is 3.01. The molecule has 0 amide bonds. The van der Waals surface area contributed by atoms with Crippen LogP contribution in [-0.4, -0.2) is 55.6 Å². The van der Waals surface area contributed by atoms with Crippen molar-refractivity contribution in [3.8, 4) is 0 Å². The molecule has 4 heteroatoms. The Labute approximate surface area is 127 Å². The van der Waals surface area contributed by atoms with Crippen molar-refractivity contribution in [2.24, 2.45) is 0 Å². The van der Waals surface area contributed by atoms with Gasteiger partial charge in [0.25, 0.3) is 0 Å². The quantitative estimate of drug-likeness (QED) is 0.779. The minimum absolute atomic E-state index is 0.148. The molecule has 1 aliphatic heterocycles. The third-order valence-electron chi connectivity index (χ3n) is 4.30. The molecule has 1 unspecified atom stereocenters. The molecule has 0 aromatic heterocycles. The number of likely N-dealkylation sites (N-methyl/N-ethyl adjacent to an activating group) is 1. The van der Waals surface area contributed by atoms with E-state index in [4.69, 9.17) is 4.74 Å². The molecular weight excluding hydrogens is 264 g/mol. The Kier molecular flexibility index (Phi) is 5.76. The second-order valence-electron chi connectivity index (χ2n) is 5.77. The summed E-state index contributed by atoms with van der Waals surface area (Å²) in [4.78, 5) is 17.0. The lowest BCUT2D eigenvalue weighted by Gasteiger charge is -2.38. The number of hydrogen-bond acceptors (Lipinski definition) is 4. The number of esters is 1. The third-order valence-corrected chi connectivity index (χ3v) is 4.30. The zero-order chi connectivity index (χ0) is 15.2. The Hall–Kier alpha value is -1.39. The summed E-state index contributed by atoms with van der Waals surface area (Å²) in [5, 5.41) is 0. The van der Waals surface area contributed by atoms with Crippen molar-refractivity contribution >= 4 is 5.97 Å². The van der Waals surface area contributed by atoms with E-state index in [1.54, 1.807) is 0 Å². The summed E-state index contributed by atoms with van der Waals surface area (Å²) in [5.41, 5.74) is 1.01. The molecule has 0 aliphatic carbocycles. The first-order chi connectivity index (χ1) is 10.1. The molecule has 1 fully saturated rings. The first-order valence-corrected chi connectivity index (χ1v) is 7.75. The number of nitrogens with zero attached hydrogens (tertiary/aromatic N) is 2. The summed E-state index contributed by atoms with van der Waals surface area (Å²) >= 11 is 0. The molecule has 0 saturated carbocycles. The number of benzene rings is 1. The number of carbonyl (C=O) groups is 1. The highest BCUT2D eigenvalue weighted by molar-refractivity contribution is 5.77. The van der Waals surface area contributed by atoms with Crippen molar-refractivity contribution in [3.05, 3.63) is 35.9 Å². The van der Waals surface area contributed by atoms with Crippen LogP contribution in [0.5, 0.6) is 0 Å². The molecule has 1 heterocycles. The number of likely N-dealkylation sites (tertiary alicyclic amines) is 1. The van der Waals surface area contributed by atoms with Crippen molar-refractivity contribution in [1.82, 2.24) is 9.80 Å². The molecule has 1 aliphatic rings. The van der Waals surface area contributed by atoms with Crippen LogP contribution in [0.1, 0.15) is 31.4 Å². The van der Waals surface area contributed by atoms with Gasteiger partial charge in [-0.3, -0.25) is 4.90 Å². The predicted molar refractivity (Wildman–Crippen MR) is 84.1 cm³/mol. The van der Waals surface area contributed by atoms with Gasteiger partial charge in [-0.25, -0.2) is 4.79 Å². The van der Waals surface area contributed by atoms with E-state index >= 15 is 0 Å². The van der Waals surface area contributed by atoms with E-state index in [1.165, 1.54) is 0 Å². The summed E-state index contributed by atoms with van der Waals surface area (Å²) in [5.74, 6) is -0.148. The van der Waals surface area contributed by atoms with Crippen LogP contribution < -0.4 is 0 Å². The highest BCUT2D eigenvalue weighted by Gasteiger charge is 2.32. The summed E-state index contributed by atoms with van der Waals surface area (Å²) in [6, 6.07) is 10.1. The van der Waals surface area contributed by atoms with Crippen molar-refractivity contribution in [2.75, 3.05) is 33.8 Å². The van der Waals surface area contributed by atoms with Crippen LogP contribution >= 0.6 is 0 Å². The maximum absolute atomic E-state index is 12.4. The summed E-state index contributed by atoms with van der Waals surface area (Å²) in [6.45, 7) is 4.44. The smallest absolute Gasteiger partial charge is 0.327 e. The lowest BCUT2D eigenvalue weighted by molar-refractivity contribution is -0.150. The molecule has 21 heavy (non-hydrogen) atoms. The van der Waals surface area contributed by atoms with Gasteiger partial charge in [-0.05, 0) is 52.5 Å². The SMILES string of the molecule is CCOC(=O)C(c1ccccc1)N(C)C1CCN(C)CC1. The van der Waals surface area contributed by atoms with Crippen LogP contribution in [0.4, 0.5) is 0 Å². The fraction of sp³-hybridized carbons (Fsp3) is 0.588. The largest absolute Gasteiger partial charge is 0.465 e. The molecule has 4 nitrogen and oxygen atoms in total. The van der Waals surface area contributed by atoms with Gasteiger partial charge in [0.1, 0.15) is 6.04 Å². The van der Waals surface area contributed by atoms with E-state index < -0.39 is 0 Å². The molecule has 1 saturated heterocycles. The lowest BCUT2D eigenvalue weighted by atomic mass is 9.98. The molecule has 1 atom stereocenters. The number of hydrogen-bond donors (Lipinski definition) is 0. The Morgan fingerprint density at radius 3 is 2.52 bits per heavy atom. The van der Waals surface area contributed by atoms with Crippen LogP contribution in [0.2, 0.25) is 0 Å². The zero-order valence-corrected chi connectivity index (χ0v) is 13.3. The van der Waals surface area contributed by atoms with Gasteiger partial charge in [0.15, 0.2) is 0 Å². The topological polar surface area (TPSA) is 32.8 Å². The molecule has 0 bridgehead atoms.